The molecule has 1 saturated heterocycles. The van der Waals surface area contributed by atoms with E-state index in [4.69, 9.17) is 4.74 Å². The number of hydrogen-bond acceptors (Lipinski definition) is 7. The number of sulfonamides is 2. The van der Waals surface area contributed by atoms with Gasteiger partial charge in [0.15, 0.2) is 0 Å². The molecule has 1 aliphatic heterocycles. The van der Waals surface area contributed by atoms with Crippen molar-refractivity contribution in [1.82, 2.24) is 13.7 Å². The first-order chi connectivity index (χ1) is 27.9. The third-order valence-electron chi connectivity index (χ3n) is 9.88. The van der Waals surface area contributed by atoms with Crippen molar-refractivity contribution in [3.63, 3.8) is 0 Å². The van der Waals surface area contributed by atoms with Crippen molar-refractivity contribution in [3.8, 4) is 5.75 Å². The van der Waals surface area contributed by atoms with Gasteiger partial charge in [-0.2, -0.15) is 16.1 Å². The molecule has 0 radical (unpaired) electrons. The van der Waals surface area contributed by atoms with E-state index < -0.39 is 32.0 Å². The molecule has 1 amide bonds. The number of ether oxygens (including phenoxy) is 1. The van der Waals surface area contributed by atoms with Crippen LogP contribution in [0.15, 0.2) is 161 Å². The van der Waals surface area contributed by atoms with Crippen LogP contribution in [-0.2, 0) is 42.5 Å². The number of benzene rings is 6. The average molecular weight is 901 g/mol. The lowest BCUT2D eigenvalue weighted by molar-refractivity contribution is -0.143. The summed E-state index contributed by atoms with van der Waals surface area (Å²) in [5.74, 6) is 0.701. The molecule has 0 saturated carbocycles. The monoisotopic (exact) mass is 899 g/mol. The summed E-state index contributed by atoms with van der Waals surface area (Å²) >= 11 is 4.92. The van der Waals surface area contributed by atoms with Gasteiger partial charge in [0.2, 0.25) is 10.0 Å². The Kier molecular flexibility index (Phi) is 14.5. The number of likely N-dealkylation sites (N-methyl/N-ethyl adjacent to an activating group) is 1. The maximum absolute atomic E-state index is 14.6. The van der Waals surface area contributed by atoms with Gasteiger partial charge in [-0.3, -0.25) is 9.80 Å². The highest BCUT2D eigenvalue weighted by atomic mass is 79.9. The van der Waals surface area contributed by atoms with Gasteiger partial charge in [0.1, 0.15) is 11.8 Å². The highest BCUT2D eigenvalue weighted by molar-refractivity contribution is 9.08. The molecule has 0 N–H and O–H groups in total. The van der Waals surface area contributed by atoms with Gasteiger partial charge < -0.3 is 4.74 Å². The molecule has 0 unspecified atom stereocenters. The van der Waals surface area contributed by atoms with Gasteiger partial charge in [-0.15, -0.1) is 4.41 Å². The molecule has 1 aliphatic rings. The molecule has 13 heteroatoms. The number of carbonyl (C=O) groups is 1. The minimum absolute atomic E-state index is 0.0265. The molecule has 302 valence electrons. The van der Waals surface area contributed by atoms with Gasteiger partial charge in [0, 0.05) is 29.9 Å². The summed E-state index contributed by atoms with van der Waals surface area (Å²) in [6.45, 7) is 1.82. The number of methoxy groups -OCH3 is 1. The van der Waals surface area contributed by atoms with Crippen molar-refractivity contribution in [3.05, 3.63) is 174 Å². The van der Waals surface area contributed by atoms with Gasteiger partial charge in [-0.05, 0) is 77.2 Å². The predicted octanol–water partition coefficient (Wildman–Crippen LogP) is 9.07. The maximum Gasteiger partial charge on any atom is 0.260 e. The summed E-state index contributed by atoms with van der Waals surface area (Å²) in [6, 6.07) is 44.7. The van der Waals surface area contributed by atoms with Crippen molar-refractivity contribution in [2.24, 2.45) is 0 Å². The molecule has 1 fully saturated rings. The summed E-state index contributed by atoms with van der Waals surface area (Å²) in [7, 11) is -5.40. The van der Waals surface area contributed by atoms with E-state index in [1.807, 2.05) is 79.7 Å². The first-order valence-corrected chi connectivity index (χ1v) is 23.7. The molecule has 6 aromatic carbocycles. The number of thioether (sulfide) groups is 1. The van der Waals surface area contributed by atoms with Crippen LogP contribution in [0.1, 0.15) is 28.7 Å². The number of alkyl halides is 1. The Labute approximate surface area is 354 Å². The highest BCUT2D eigenvalue weighted by Gasteiger charge is 2.47. The fourth-order valence-corrected chi connectivity index (χ4v) is 11.4. The van der Waals surface area contributed by atoms with Crippen LogP contribution in [0.5, 0.6) is 5.75 Å². The Morgan fingerprint density at radius 1 is 0.741 bits per heavy atom. The fourth-order valence-electron chi connectivity index (χ4n) is 6.60. The van der Waals surface area contributed by atoms with Gasteiger partial charge in [0.05, 0.1) is 23.4 Å². The van der Waals surface area contributed by atoms with E-state index in [2.05, 4.69) is 28.1 Å². The van der Waals surface area contributed by atoms with E-state index in [1.165, 1.54) is 29.0 Å². The standard InChI is InChI=1S/C38H39N3O6S3.C7H7Br/c1-28-13-20-35(21-14-28)50(45,46)41(25-29-9-5-4-6-10-29)39(2)38(42)37-24-34(48-27-30-15-18-33(47-3)19-16-30)26-40(37)49(43,44)36-22-17-31-11-7-8-12-32(31)23-36;8-6-7-4-2-1-3-5-7/h4-23,34,37H,24-27H2,1-3H3;1-5H,6H2/t34-,37+;/m1./s1. The number of halogens is 1. The zero-order valence-electron chi connectivity index (χ0n) is 32.5. The molecular formula is C45H46BrN3O6S3. The topological polar surface area (TPSA) is 104 Å². The van der Waals surface area contributed by atoms with Crippen molar-refractivity contribution < 1.29 is 26.4 Å². The van der Waals surface area contributed by atoms with Crippen LogP contribution < -0.4 is 4.74 Å². The van der Waals surface area contributed by atoms with Crippen molar-refractivity contribution in [2.45, 2.75) is 52.1 Å². The largest absolute Gasteiger partial charge is 0.497 e. The molecule has 58 heavy (non-hydrogen) atoms. The van der Waals surface area contributed by atoms with Crippen LogP contribution in [0, 0.1) is 6.92 Å². The molecule has 0 aromatic heterocycles. The smallest absolute Gasteiger partial charge is 0.260 e. The lowest BCUT2D eigenvalue weighted by atomic mass is 10.1. The van der Waals surface area contributed by atoms with E-state index in [1.54, 1.807) is 73.5 Å². The first kappa shape index (κ1) is 43.1. The van der Waals surface area contributed by atoms with E-state index in [-0.39, 0.29) is 34.6 Å². The van der Waals surface area contributed by atoms with Crippen molar-refractivity contribution in [1.29, 1.82) is 0 Å². The zero-order chi connectivity index (χ0) is 41.3. The number of nitrogens with zero attached hydrogens (tertiary/aromatic N) is 3. The molecule has 6 aromatic rings. The second-order valence-corrected chi connectivity index (χ2v) is 19.5. The fraction of sp³-hybridized carbons (Fsp3) is 0.222. The Morgan fingerprint density at radius 2 is 1.33 bits per heavy atom. The summed E-state index contributed by atoms with van der Waals surface area (Å²) in [6.07, 6.45) is 0.209. The van der Waals surface area contributed by atoms with Gasteiger partial charge in [-0.1, -0.05) is 137 Å². The number of fused-ring (bicyclic) bond motifs is 1. The minimum atomic E-state index is -4.23. The van der Waals surface area contributed by atoms with E-state index in [0.29, 0.717) is 11.3 Å². The normalized spacial score (nSPS) is 15.8. The first-order valence-electron chi connectivity index (χ1n) is 18.7. The predicted molar refractivity (Wildman–Crippen MR) is 237 cm³/mol. The van der Waals surface area contributed by atoms with Crippen LogP contribution in [-0.4, -0.2) is 68.5 Å². The van der Waals surface area contributed by atoms with Crippen molar-refractivity contribution in [2.75, 3.05) is 20.7 Å². The third kappa shape index (κ3) is 10.4. The summed E-state index contributed by atoms with van der Waals surface area (Å²) < 4.78 is 64.8. The second-order valence-electron chi connectivity index (χ2n) is 13.9. The van der Waals surface area contributed by atoms with Crippen LogP contribution in [0.3, 0.4) is 0 Å². The number of hydrazine groups is 1. The van der Waals surface area contributed by atoms with Crippen molar-refractivity contribution >= 4 is 64.4 Å². The Hall–Kier alpha value is -4.50. The van der Waals surface area contributed by atoms with Gasteiger partial charge >= 0.3 is 0 Å². The third-order valence-corrected chi connectivity index (χ3v) is 15.5. The Morgan fingerprint density at radius 3 is 1.93 bits per heavy atom. The minimum Gasteiger partial charge on any atom is -0.497 e. The molecule has 0 spiro atoms. The van der Waals surface area contributed by atoms with E-state index >= 15 is 0 Å². The Balaban J connectivity index is 0.000000633. The highest BCUT2D eigenvalue weighted by Crippen LogP contribution is 2.36. The lowest BCUT2D eigenvalue weighted by Gasteiger charge is -2.34. The molecule has 0 aliphatic carbocycles. The maximum atomic E-state index is 14.6. The van der Waals surface area contributed by atoms with E-state index in [0.717, 1.165) is 42.4 Å². The molecule has 7 rings (SSSR count). The van der Waals surface area contributed by atoms with Gasteiger partial charge in [0.25, 0.3) is 15.9 Å². The lowest BCUT2D eigenvalue weighted by Crippen LogP contribution is -2.53. The van der Waals surface area contributed by atoms with Crippen LogP contribution >= 0.6 is 27.7 Å². The molecule has 0 bridgehead atoms. The molecule has 9 nitrogen and oxygen atoms in total. The Bertz CT molecular complexity index is 2510. The molecular weight excluding hydrogens is 855 g/mol. The SMILES string of the molecule is BrCc1ccccc1.COc1ccc(CS[C@@H]2C[C@@H](C(=O)N(C)N(Cc3ccccc3)S(=O)(=O)c3ccc(C)cc3)N(S(=O)(=O)c3ccc4ccccc4c3)C2)cc1. The number of rotatable bonds is 13. The summed E-state index contributed by atoms with van der Waals surface area (Å²) in [5.41, 5.74) is 3.92. The van der Waals surface area contributed by atoms with Gasteiger partial charge in [-0.25, -0.2) is 16.8 Å². The molecule has 2 atom stereocenters. The number of aryl methyl sites for hydroxylation is 1. The van der Waals surface area contributed by atoms with Crippen LogP contribution in [0.2, 0.25) is 0 Å². The van der Waals surface area contributed by atoms with Crippen LogP contribution in [0.25, 0.3) is 10.8 Å². The average Bonchev–Trinajstić information content (AvgIpc) is 3.70. The number of amides is 1. The quantitative estimate of drug-likeness (QED) is 0.0842. The second kappa shape index (κ2) is 19.5. The number of carbonyl (C=O) groups excluding carboxylic acids is 1. The van der Waals surface area contributed by atoms with Crippen LogP contribution in [0.4, 0.5) is 0 Å². The van der Waals surface area contributed by atoms with E-state index in [9.17, 15) is 21.6 Å². The summed E-state index contributed by atoms with van der Waals surface area (Å²) in [4.78, 5) is 14.7. The molecule has 1 heterocycles. The number of hydrogen-bond donors (Lipinski definition) is 0. The zero-order valence-corrected chi connectivity index (χ0v) is 36.6. The summed E-state index contributed by atoms with van der Waals surface area (Å²) in [5, 5.41) is 3.45.